The molecule has 2 aromatic rings. The highest BCUT2D eigenvalue weighted by molar-refractivity contribution is 6.22. The molecule has 0 heterocycles. The van der Waals surface area contributed by atoms with E-state index in [1.165, 1.54) is 31.4 Å². The predicted octanol–water partition coefficient (Wildman–Crippen LogP) is 4.04. The molecule has 0 aliphatic rings. The number of anilines is 1. The molecule has 0 radical (unpaired) electrons. The SMILES string of the molecule is CCCCN(CCCC)c1ccc(N=CC(=O)[NH+]([O-])c2ccccc2)cc1. The molecule has 0 aliphatic carbocycles. The van der Waals surface area contributed by atoms with Gasteiger partial charge >= 0.3 is 5.91 Å². The van der Waals surface area contributed by atoms with Crippen molar-refractivity contribution >= 4 is 29.2 Å². The molecule has 0 spiro atoms. The summed E-state index contributed by atoms with van der Waals surface area (Å²) in [7, 11) is 0. The molecule has 0 fully saturated rings. The number of nitrogens with one attached hydrogen (secondary N) is 1. The number of unbranched alkanes of at least 4 members (excludes halogenated alkanes) is 2. The third-order valence-electron chi connectivity index (χ3n) is 4.37. The third-order valence-corrected chi connectivity index (χ3v) is 4.37. The molecule has 5 nitrogen and oxygen atoms in total. The Bertz CT molecular complexity index is 706. The van der Waals surface area contributed by atoms with Gasteiger partial charge < -0.3 is 10.1 Å². The number of benzene rings is 2. The monoisotopic (exact) mass is 367 g/mol. The molecule has 0 saturated heterocycles. The number of nitrogens with zero attached hydrogens (tertiary/aromatic N) is 2. The Morgan fingerprint density at radius 1 is 1.00 bits per heavy atom. The number of rotatable bonds is 10. The summed E-state index contributed by atoms with van der Waals surface area (Å²) in [6.45, 7) is 6.49. The Labute approximate surface area is 161 Å². The van der Waals surface area contributed by atoms with Crippen molar-refractivity contribution in [1.29, 1.82) is 0 Å². The molecule has 1 amide bonds. The van der Waals surface area contributed by atoms with E-state index < -0.39 is 11.0 Å². The van der Waals surface area contributed by atoms with Gasteiger partial charge in [0.1, 0.15) is 11.9 Å². The number of aliphatic imine (C=N–C) groups is 1. The van der Waals surface area contributed by atoms with Crippen molar-refractivity contribution in [1.82, 2.24) is 0 Å². The molecule has 1 unspecified atom stereocenters. The van der Waals surface area contributed by atoms with Gasteiger partial charge in [0.05, 0.1) is 5.69 Å². The van der Waals surface area contributed by atoms with Gasteiger partial charge in [-0.3, -0.25) is 5.06 Å². The van der Waals surface area contributed by atoms with Crippen molar-refractivity contribution in [2.45, 2.75) is 39.5 Å². The molecule has 1 N–H and O–H groups in total. The van der Waals surface area contributed by atoms with E-state index in [2.05, 4.69) is 23.7 Å². The maximum Gasteiger partial charge on any atom is 0.360 e. The summed E-state index contributed by atoms with van der Waals surface area (Å²) >= 11 is 0. The molecule has 0 aromatic heterocycles. The fourth-order valence-electron chi connectivity index (χ4n) is 2.74. The van der Waals surface area contributed by atoms with Gasteiger partial charge in [-0.15, -0.1) is 0 Å². The lowest BCUT2D eigenvalue weighted by Gasteiger charge is -2.24. The van der Waals surface area contributed by atoms with E-state index in [1.54, 1.807) is 30.3 Å². The number of hydrogen-bond donors (Lipinski definition) is 1. The highest BCUT2D eigenvalue weighted by atomic mass is 16.5. The minimum Gasteiger partial charge on any atom is -0.621 e. The summed E-state index contributed by atoms with van der Waals surface area (Å²) in [5.74, 6) is -0.613. The van der Waals surface area contributed by atoms with Crippen molar-refractivity contribution < 1.29 is 9.86 Å². The summed E-state index contributed by atoms with van der Waals surface area (Å²) in [6, 6.07) is 16.4. The molecule has 1 atom stereocenters. The molecule has 27 heavy (non-hydrogen) atoms. The third kappa shape index (κ3) is 6.62. The second-order valence-electron chi connectivity index (χ2n) is 6.53. The van der Waals surface area contributed by atoms with Gasteiger partial charge in [0.2, 0.25) is 0 Å². The van der Waals surface area contributed by atoms with Crippen LogP contribution in [0.3, 0.4) is 0 Å². The highest BCUT2D eigenvalue weighted by Gasteiger charge is 2.10. The van der Waals surface area contributed by atoms with Crippen LogP contribution < -0.4 is 9.96 Å². The lowest BCUT2D eigenvalue weighted by atomic mass is 10.2. The van der Waals surface area contributed by atoms with Crippen molar-refractivity contribution in [3.05, 3.63) is 59.8 Å². The second-order valence-corrected chi connectivity index (χ2v) is 6.53. The van der Waals surface area contributed by atoms with Gasteiger partial charge in [0.25, 0.3) is 0 Å². The molecule has 0 bridgehead atoms. The van der Waals surface area contributed by atoms with Crippen molar-refractivity contribution in [3.8, 4) is 0 Å². The maximum absolute atomic E-state index is 12.1. The smallest absolute Gasteiger partial charge is 0.360 e. The average Bonchev–Trinajstić information content (AvgIpc) is 2.72. The van der Waals surface area contributed by atoms with Crippen LogP contribution in [-0.4, -0.2) is 25.2 Å². The van der Waals surface area contributed by atoms with Gasteiger partial charge in [-0.05, 0) is 49.2 Å². The fourth-order valence-corrected chi connectivity index (χ4v) is 2.74. The van der Waals surface area contributed by atoms with E-state index in [4.69, 9.17) is 0 Å². The van der Waals surface area contributed by atoms with Crippen LogP contribution in [0.2, 0.25) is 0 Å². The van der Waals surface area contributed by atoms with Crippen LogP contribution in [0.15, 0.2) is 59.6 Å². The minimum absolute atomic E-state index is 0.381. The lowest BCUT2D eigenvalue weighted by Crippen LogP contribution is -3.05. The Morgan fingerprint density at radius 2 is 1.59 bits per heavy atom. The Hall–Kier alpha value is -2.50. The number of carbonyl (C=O) groups excluding carboxylic acids is 1. The van der Waals surface area contributed by atoms with Crippen LogP contribution in [0.25, 0.3) is 0 Å². The molecule has 144 valence electrons. The zero-order chi connectivity index (χ0) is 19.5. The predicted molar refractivity (Wildman–Crippen MR) is 112 cm³/mol. The van der Waals surface area contributed by atoms with E-state index in [0.717, 1.165) is 19.3 Å². The van der Waals surface area contributed by atoms with E-state index >= 15 is 0 Å². The lowest BCUT2D eigenvalue weighted by molar-refractivity contribution is -0.683. The van der Waals surface area contributed by atoms with E-state index in [-0.39, 0.29) is 0 Å². The van der Waals surface area contributed by atoms with E-state index in [0.29, 0.717) is 11.4 Å². The van der Waals surface area contributed by atoms with Crippen molar-refractivity contribution in [3.63, 3.8) is 0 Å². The van der Waals surface area contributed by atoms with Crippen LogP contribution >= 0.6 is 0 Å². The zero-order valence-electron chi connectivity index (χ0n) is 16.2. The molecule has 2 rings (SSSR count). The summed E-state index contributed by atoms with van der Waals surface area (Å²) in [6.07, 6.45) is 5.78. The summed E-state index contributed by atoms with van der Waals surface area (Å²) < 4.78 is 0. The van der Waals surface area contributed by atoms with Crippen LogP contribution in [0, 0.1) is 5.21 Å². The van der Waals surface area contributed by atoms with E-state index in [1.807, 2.05) is 24.3 Å². The summed E-state index contributed by atoms with van der Waals surface area (Å²) in [5.41, 5.74) is 2.22. The number of hydroxylamine groups is 1. The molecular formula is C22H29N3O2. The topological polar surface area (TPSA) is 60.2 Å². The first kappa shape index (κ1) is 20.8. The van der Waals surface area contributed by atoms with Crippen LogP contribution in [-0.2, 0) is 4.79 Å². The minimum atomic E-state index is -0.613. The summed E-state index contributed by atoms with van der Waals surface area (Å²) in [4.78, 5) is 18.6. The quantitative estimate of drug-likeness (QED) is 0.509. The Kier molecular flexibility index (Phi) is 8.68. The normalized spacial score (nSPS) is 12.3. The molecule has 0 aliphatic heterocycles. The molecular weight excluding hydrogens is 338 g/mol. The van der Waals surface area contributed by atoms with Crippen LogP contribution in [0.4, 0.5) is 17.1 Å². The molecule has 2 aromatic carbocycles. The zero-order valence-corrected chi connectivity index (χ0v) is 16.2. The second kappa shape index (κ2) is 11.3. The number of carbonyl (C=O) groups is 1. The largest absolute Gasteiger partial charge is 0.621 e. The van der Waals surface area contributed by atoms with Crippen LogP contribution in [0.1, 0.15) is 39.5 Å². The van der Waals surface area contributed by atoms with Gasteiger partial charge in [-0.1, -0.05) is 44.9 Å². The average molecular weight is 367 g/mol. The number of para-hydroxylation sites is 1. The van der Waals surface area contributed by atoms with Gasteiger partial charge in [0.15, 0.2) is 0 Å². The number of quaternary nitrogens is 1. The highest BCUT2D eigenvalue weighted by Crippen LogP contribution is 2.20. The maximum atomic E-state index is 12.1. The first-order chi connectivity index (χ1) is 13.2. The molecule has 5 heteroatoms. The fraction of sp³-hybridized carbons (Fsp3) is 0.364. The van der Waals surface area contributed by atoms with E-state index in [9.17, 15) is 10.0 Å². The summed E-state index contributed by atoms with van der Waals surface area (Å²) in [5, 5.41) is 11.5. The van der Waals surface area contributed by atoms with Gasteiger partial charge in [-0.25, -0.2) is 9.79 Å². The standard InChI is InChI=1S/C22H29N3O2/c1-3-5-16-24(17-6-4-2)20-14-12-19(13-15-20)23-18-22(26)25(27)21-10-8-7-9-11-21/h7-15,18,25H,3-6,16-17H2,1-2H3. The van der Waals surface area contributed by atoms with Gasteiger partial charge in [-0.2, -0.15) is 0 Å². The van der Waals surface area contributed by atoms with Crippen molar-refractivity contribution in [2.75, 3.05) is 18.0 Å². The van der Waals surface area contributed by atoms with Crippen molar-refractivity contribution in [2.24, 2.45) is 4.99 Å². The molecule has 0 saturated carbocycles. The number of hydrogen-bond acceptors (Lipinski definition) is 4. The Morgan fingerprint density at radius 3 is 2.15 bits per heavy atom. The van der Waals surface area contributed by atoms with Crippen LogP contribution in [0.5, 0.6) is 0 Å². The Balaban J connectivity index is 2.00. The first-order valence-corrected chi connectivity index (χ1v) is 9.68. The number of amides is 1. The first-order valence-electron chi connectivity index (χ1n) is 9.68. The van der Waals surface area contributed by atoms with Gasteiger partial charge in [0, 0.05) is 18.8 Å².